The van der Waals surface area contributed by atoms with Gasteiger partial charge in [-0.25, -0.2) is 9.18 Å². The van der Waals surface area contributed by atoms with Crippen molar-refractivity contribution in [2.45, 2.75) is 50.7 Å². The highest BCUT2D eigenvalue weighted by molar-refractivity contribution is 5.89. The fourth-order valence-electron chi connectivity index (χ4n) is 3.32. The molecule has 0 aromatic heterocycles. The van der Waals surface area contributed by atoms with E-state index in [0.717, 1.165) is 12.1 Å². The summed E-state index contributed by atoms with van der Waals surface area (Å²) in [6.45, 7) is -0.597. The van der Waals surface area contributed by atoms with Crippen LogP contribution in [0.4, 0.5) is 28.0 Å². The van der Waals surface area contributed by atoms with Gasteiger partial charge < -0.3 is 15.4 Å². The normalized spacial score (nSPS) is 19.4. The Kier molecular flexibility index (Phi) is 6.61. The molecule has 0 unspecified atom stereocenters. The second kappa shape index (κ2) is 9.15. The van der Waals surface area contributed by atoms with Crippen molar-refractivity contribution in [3.05, 3.63) is 59.7 Å². The number of anilines is 1. The molecule has 2 N–H and O–H groups in total. The van der Waals surface area contributed by atoms with Crippen LogP contribution in [0.2, 0.25) is 0 Å². The van der Waals surface area contributed by atoms with Crippen molar-refractivity contribution in [1.29, 1.82) is 0 Å². The Morgan fingerprint density at radius 1 is 1.03 bits per heavy atom. The Labute approximate surface area is 166 Å². The Balaban J connectivity index is 1.43. The molecule has 4 nitrogen and oxygen atoms in total. The molecule has 0 aliphatic heterocycles. The van der Waals surface area contributed by atoms with Crippen molar-refractivity contribution in [2.24, 2.45) is 0 Å². The lowest BCUT2D eigenvalue weighted by atomic mass is 9.93. The number of hydrogen-bond acceptors (Lipinski definition) is 2. The van der Waals surface area contributed by atoms with E-state index in [9.17, 15) is 22.4 Å². The van der Waals surface area contributed by atoms with E-state index in [1.54, 1.807) is 24.3 Å². The van der Waals surface area contributed by atoms with Crippen LogP contribution in [-0.4, -0.2) is 18.2 Å². The van der Waals surface area contributed by atoms with Gasteiger partial charge in [-0.1, -0.05) is 12.1 Å². The van der Waals surface area contributed by atoms with Crippen LogP contribution in [0.1, 0.15) is 36.8 Å². The molecule has 1 aliphatic rings. The molecule has 0 saturated heterocycles. The van der Waals surface area contributed by atoms with Gasteiger partial charge >= 0.3 is 12.2 Å². The second-order valence-electron chi connectivity index (χ2n) is 7.05. The zero-order chi connectivity index (χ0) is 20.9. The van der Waals surface area contributed by atoms with E-state index in [0.29, 0.717) is 42.7 Å². The first kappa shape index (κ1) is 21.0. The van der Waals surface area contributed by atoms with Gasteiger partial charge in [0.2, 0.25) is 0 Å². The van der Waals surface area contributed by atoms with E-state index in [1.165, 1.54) is 12.1 Å². The van der Waals surface area contributed by atoms with Crippen molar-refractivity contribution < 1.29 is 27.1 Å². The van der Waals surface area contributed by atoms with Gasteiger partial charge in [0.15, 0.2) is 0 Å². The third-order valence-corrected chi connectivity index (χ3v) is 4.83. The fourth-order valence-corrected chi connectivity index (χ4v) is 3.32. The number of alkyl halides is 4. The molecule has 1 fully saturated rings. The average molecular weight is 410 g/mol. The fraction of sp³-hybridized carbons (Fsp3) is 0.381. The Morgan fingerprint density at radius 2 is 1.72 bits per heavy atom. The van der Waals surface area contributed by atoms with Gasteiger partial charge in [-0.3, -0.25) is 0 Å². The van der Waals surface area contributed by atoms with Crippen LogP contribution in [0.15, 0.2) is 48.5 Å². The first-order chi connectivity index (χ1) is 13.8. The van der Waals surface area contributed by atoms with Gasteiger partial charge in [0.25, 0.3) is 0 Å². The van der Waals surface area contributed by atoms with E-state index in [4.69, 9.17) is 4.74 Å². The Morgan fingerprint density at radius 3 is 2.34 bits per heavy atom. The molecule has 2 aromatic rings. The molecule has 29 heavy (non-hydrogen) atoms. The number of carbonyl (C=O) groups is 1. The Hall–Kier alpha value is -2.77. The van der Waals surface area contributed by atoms with Gasteiger partial charge in [0.05, 0.1) is 11.7 Å². The molecular weight excluding hydrogens is 388 g/mol. The minimum atomic E-state index is -4.37. The van der Waals surface area contributed by atoms with Crippen LogP contribution in [0, 0.1) is 0 Å². The molecule has 0 atom stereocenters. The molecule has 0 radical (unpaired) electrons. The molecule has 1 saturated carbocycles. The summed E-state index contributed by atoms with van der Waals surface area (Å²) in [4.78, 5) is 12.1. The average Bonchev–Trinajstić information content (AvgIpc) is 2.69. The SMILES string of the molecule is O=C(Nc1cccc(CF)c1)NC1CCC(Oc2ccc(C(F)(F)F)cc2)CC1. The molecule has 0 heterocycles. The Bertz CT molecular complexity index is 816. The lowest BCUT2D eigenvalue weighted by Crippen LogP contribution is -2.41. The molecule has 2 aromatic carbocycles. The lowest BCUT2D eigenvalue weighted by Gasteiger charge is -2.29. The number of hydrogen-bond donors (Lipinski definition) is 2. The predicted octanol–water partition coefficient (Wildman–Crippen LogP) is 5.69. The summed E-state index contributed by atoms with van der Waals surface area (Å²) < 4.78 is 56.3. The highest BCUT2D eigenvalue weighted by Crippen LogP contribution is 2.31. The molecular formula is C21H22F4N2O2. The second-order valence-corrected chi connectivity index (χ2v) is 7.05. The summed E-state index contributed by atoms with van der Waals surface area (Å²) in [7, 11) is 0. The number of rotatable bonds is 5. The van der Waals surface area contributed by atoms with Gasteiger partial charge in [0, 0.05) is 11.7 Å². The van der Waals surface area contributed by atoms with Crippen molar-refractivity contribution >= 4 is 11.7 Å². The smallest absolute Gasteiger partial charge is 0.416 e. The number of urea groups is 1. The van der Waals surface area contributed by atoms with Gasteiger partial charge in [0.1, 0.15) is 12.4 Å². The van der Waals surface area contributed by atoms with E-state index < -0.39 is 18.4 Å². The number of benzene rings is 2. The van der Waals surface area contributed by atoms with Gasteiger partial charge in [-0.2, -0.15) is 13.2 Å². The number of ether oxygens (including phenoxy) is 1. The highest BCUT2D eigenvalue weighted by Gasteiger charge is 2.30. The molecule has 0 spiro atoms. The summed E-state index contributed by atoms with van der Waals surface area (Å²) in [5.74, 6) is 0.403. The molecule has 2 amide bonds. The van der Waals surface area contributed by atoms with Crippen LogP contribution in [-0.2, 0) is 12.9 Å². The third-order valence-electron chi connectivity index (χ3n) is 4.83. The summed E-state index contributed by atoms with van der Waals surface area (Å²) in [6, 6.07) is 10.9. The van der Waals surface area contributed by atoms with E-state index in [2.05, 4.69) is 10.6 Å². The highest BCUT2D eigenvalue weighted by atomic mass is 19.4. The lowest BCUT2D eigenvalue weighted by molar-refractivity contribution is -0.137. The number of halogens is 4. The third kappa shape index (κ3) is 6.10. The van der Waals surface area contributed by atoms with E-state index >= 15 is 0 Å². The van der Waals surface area contributed by atoms with Crippen molar-refractivity contribution in [2.75, 3.05) is 5.32 Å². The van der Waals surface area contributed by atoms with Crippen LogP contribution >= 0.6 is 0 Å². The topological polar surface area (TPSA) is 50.4 Å². The number of carbonyl (C=O) groups excluding carboxylic acids is 1. The largest absolute Gasteiger partial charge is 0.490 e. The van der Waals surface area contributed by atoms with E-state index in [-0.39, 0.29) is 18.2 Å². The van der Waals surface area contributed by atoms with Crippen LogP contribution < -0.4 is 15.4 Å². The van der Waals surface area contributed by atoms with Crippen LogP contribution in [0.25, 0.3) is 0 Å². The maximum absolute atomic E-state index is 12.7. The maximum atomic E-state index is 12.7. The monoisotopic (exact) mass is 410 g/mol. The molecule has 3 rings (SSSR count). The molecule has 1 aliphatic carbocycles. The van der Waals surface area contributed by atoms with Crippen LogP contribution in [0.5, 0.6) is 5.75 Å². The molecule has 8 heteroatoms. The summed E-state index contributed by atoms with van der Waals surface area (Å²) >= 11 is 0. The predicted molar refractivity (Wildman–Crippen MR) is 102 cm³/mol. The van der Waals surface area contributed by atoms with Crippen molar-refractivity contribution in [1.82, 2.24) is 5.32 Å². The molecule has 0 bridgehead atoms. The zero-order valence-electron chi connectivity index (χ0n) is 15.6. The standard InChI is InChI=1S/C21H22F4N2O2/c22-13-14-2-1-3-17(12-14)27-20(28)26-16-6-10-19(11-7-16)29-18-8-4-15(5-9-18)21(23,24)25/h1-5,8-9,12,16,19H,6-7,10-11,13H2,(H2,26,27,28). The quantitative estimate of drug-likeness (QED) is 0.623. The minimum Gasteiger partial charge on any atom is -0.490 e. The summed E-state index contributed by atoms with van der Waals surface area (Å²) in [5.41, 5.74) is 0.307. The van der Waals surface area contributed by atoms with Crippen molar-refractivity contribution in [3.63, 3.8) is 0 Å². The van der Waals surface area contributed by atoms with E-state index in [1.807, 2.05) is 0 Å². The maximum Gasteiger partial charge on any atom is 0.416 e. The summed E-state index contributed by atoms with van der Waals surface area (Å²) in [5, 5.41) is 5.58. The number of amides is 2. The van der Waals surface area contributed by atoms with Gasteiger partial charge in [-0.15, -0.1) is 0 Å². The zero-order valence-corrected chi connectivity index (χ0v) is 15.6. The first-order valence-corrected chi connectivity index (χ1v) is 9.40. The summed E-state index contributed by atoms with van der Waals surface area (Å²) in [6.07, 6.45) is -1.70. The molecule has 156 valence electrons. The van der Waals surface area contributed by atoms with Crippen molar-refractivity contribution in [3.8, 4) is 5.75 Å². The first-order valence-electron chi connectivity index (χ1n) is 9.40. The number of nitrogens with one attached hydrogen (secondary N) is 2. The minimum absolute atomic E-state index is 0.0215. The van der Waals surface area contributed by atoms with Gasteiger partial charge in [-0.05, 0) is 67.6 Å². The van der Waals surface area contributed by atoms with Crippen LogP contribution in [0.3, 0.4) is 0 Å².